The van der Waals surface area contributed by atoms with E-state index in [2.05, 4.69) is 35.2 Å². The summed E-state index contributed by atoms with van der Waals surface area (Å²) in [5.74, 6) is 0.172. The highest BCUT2D eigenvalue weighted by Gasteiger charge is 2.22. The number of carbonyl (C=O) groups excluding carboxylic acids is 2. The van der Waals surface area contributed by atoms with Gasteiger partial charge in [0.2, 0.25) is 5.91 Å². The van der Waals surface area contributed by atoms with Gasteiger partial charge in [0.1, 0.15) is 0 Å². The Bertz CT molecular complexity index is 833. The summed E-state index contributed by atoms with van der Waals surface area (Å²) < 4.78 is 0. The summed E-state index contributed by atoms with van der Waals surface area (Å²) in [6.07, 6.45) is 12.5. The molecule has 154 valence electrons. The van der Waals surface area contributed by atoms with Crippen LogP contribution in [-0.2, 0) is 22.4 Å². The van der Waals surface area contributed by atoms with E-state index in [9.17, 15) is 9.59 Å². The predicted octanol–water partition coefficient (Wildman–Crippen LogP) is 4.84. The lowest BCUT2D eigenvalue weighted by Gasteiger charge is -2.27. The number of aryl methyl sites for hydroxylation is 1. The van der Waals surface area contributed by atoms with Gasteiger partial charge in [-0.15, -0.1) is 0 Å². The van der Waals surface area contributed by atoms with Gasteiger partial charge >= 0.3 is 0 Å². The van der Waals surface area contributed by atoms with Crippen molar-refractivity contribution in [3.63, 3.8) is 0 Å². The van der Waals surface area contributed by atoms with Gasteiger partial charge in [0.15, 0.2) is 5.78 Å². The van der Waals surface area contributed by atoms with Gasteiger partial charge in [-0.25, -0.2) is 0 Å². The summed E-state index contributed by atoms with van der Waals surface area (Å²) in [7, 11) is 0. The summed E-state index contributed by atoms with van der Waals surface area (Å²) in [5, 5.41) is 3.15. The topological polar surface area (TPSA) is 58.5 Å². The first-order chi connectivity index (χ1) is 14.0. The fourth-order valence-electron chi connectivity index (χ4n) is 3.54. The number of benzene rings is 1. The van der Waals surface area contributed by atoms with Gasteiger partial charge in [0.25, 0.3) is 0 Å². The van der Waals surface area contributed by atoms with Crippen LogP contribution in [0.2, 0.25) is 0 Å². The van der Waals surface area contributed by atoms with E-state index in [1.54, 1.807) is 30.5 Å². The van der Waals surface area contributed by atoms with Crippen LogP contribution in [0.1, 0.15) is 56.7 Å². The number of rotatable bonds is 9. The Morgan fingerprint density at radius 2 is 2.14 bits per heavy atom. The smallest absolute Gasteiger partial charge is 0.224 e. The Labute approximate surface area is 174 Å². The zero-order valence-corrected chi connectivity index (χ0v) is 17.8. The highest BCUT2D eigenvalue weighted by atomic mass is 16.1. The number of ketones is 1. The van der Waals surface area contributed by atoms with Crippen molar-refractivity contribution in [2.24, 2.45) is 10.9 Å². The van der Waals surface area contributed by atoms with Crippen molar-refractivity contribution in [2.75, 3.05) is 0 Å². The number of hydrogen-bond donors (Lipinski definition) is 1. The lowest BCUT2D eigenvalue weighted by atomic mass is 9.83. The monoisotopic (exact) mass is 392 g/mol. The molecule has 0 bridgehead atoms. The van der Waals surface area contributed by atoms with Crippen molar-refractivity contribution >= 4 is 24.0 Å². The van der Waals surface area contributed by atoms with Crippen LogP contribution in [0.15, 0.2) is 53.7 Å². The van der Waals surface area contributed by atoms with E-state index in [1.165, 1.54) is 16.7 Å². The fraction of sp³-hybridized carbons (Fsp3) is 0.400. The van der Waals surface area contributed by atoms with E-state index >= 15 is 0 Å². The molecular weight excluding hydrogens is 360 g/mol. The van der Waals surface area contributed by atoms with Gasteiger partial charge in [-0.2, -0.15) is 0 Å². The van der Waals surface area contributed by atoms with Gasteiger partial charge in [-0.1, -0.05) is 50.3 Å². The zero-order chi connectivity index (χ0) is 21.2. The third kappa shape index (κ3) is 6.67. The molecule has 0 saturated heterocycles. The Morgan fingerprint density at radius 3 is 2.86 bits per heavy atom. The fourth-order valence-corrected chi connectivity index (χ4v) is 3.54. The van der Waals surface area contributed by atoms with Crippen molar-refractivity contribution in [3.8, 4) is 0 Å². The molecular formula is C25H32N2O2. The maximum atomic E-state index is 12.3. The van der Waals surface area contributed by atoms with Crippen LogP contribution >= 0.6 is 0 Å². The lowest BCUT2D eigenvalue weighted by Crippen LogP contribution is -2.38. The predicted molar refractivity (Wildman–Crippen MR) is 121 cm³/mol. The summed E-state index contributed by atoms with van der Waals surface area (Å²) in [5.41, 5.74) is 4.92. The van der Waals surface area contributed by atoms with Crippen LogP contribution in [0.4, 0.5) is 0 Å². The molecule has 0 radical (unpaired) electrons. The standard InChI is InChI=1S/C25H32N2O2/c1-5-18(2)24(28)12-7-6-8-13-25(29)27-21-15-14-20-10-9-11-22(23(20)16-21)19(3)17-26-4/h6-12,17-18,21H,4-5,13-16H2,1-3H3,(H,27,29)/b8-6-,12-7?,19-17+. The summed E-state index contributed by atoms with van der Waals surface area (Å²) in [4.78, 5) is 27.9. The van der Waals surface area contributed by atoms with Crippen LogP contribution < -0.4 is 5.32 Å². The highest BCUT2D eigenvalue weighted by Crippen LogP contribution is 2.29. The minimum atomic E-state index is 0.00820. The molecule has 4 nitrogen and oxygen atoms in total. The molecule has 0 spiro atoms. The molecule has 2 atom stereocenters. The SMILES string of the molecule is C=N/C=C(\C)c1cccc2c1CC(NC(=O)C/C=C\C=CC(=O)C(C)CC)CC2. The molecule has 1 N–H and O–H groups in total. The largest absolute Gasteiger partial charge is 0.353 e. The molecule has 1 aromatic carbocycles. The number of nitrogens with one attached hydrogen (secondary N) is 1. The normalized spacial score (nSPS) is 17.9. The van der Waals surface area contributed by atoms with Crippen LogP contribution in [0, 0.1) is 5.92 Å². The van der Waals surface area contributed by atoms with Crippen molar-refractivity contribution < 1.29 is 9.59 Å². The van der Waals surface area contributed by atoms with E-state index in [0.717, 1.165) is 31.3 Å². The molecule has 1 amide bonds. The molecule has 2 unspecified atom stereocenters. The van der Waals surface area contributed by atoms with Crippen molar-refractivity contribution in [1.82, 2.24) is 5.32 Å². The van der Waals surface area contributed by atoms with Gasteiger partial charge in [-0.05, 0) is 67.7 Å². The summed E-state index contributed by atoms with van der Waals surface area (Å²) in [6, 6.07) is 6.49. The Morgan fingerprint density at radius 1 is 1.34 bits per heavy atom. The van der Waals surface area contributed by atoms with E-state index in [4.69, 9.17) is 0 Å². The number of hydrogen-bond acceptors (Lipinski definition) is 3. The van der Waals surface area contributed by atoms with Gasteiger partial charge in [-0.3, -0.25) is 14.6 Å². The number of carbonyl (C=O) groups is 2. The number of nitrogens with zero attached hydrogens (tertiary/aromatic N) is 1. The third-order valence-corrected chi connectivity index (χ3v) is 5.47. The first kappa shape index (κ1) is 22.5. The molecule has 0 heterocycles. The molecule has 0 aromatic heterocycles. The molecule has 1 aliphatic carbocycles. The van der Waals surface area contributed by atoms with E-state index < -0.39 is 0 Å². The number of allylic oxidation sites excluding steroid dienone is 4. The van der Waals surface area contributed by atoms with Gasteiger partial charge < -0.3 is 5.32 Å². The van der Waals surface area contributed by atoms with Crippen LogP contribution in [0.25, 0.3) is 5.57 Å². The Kier molecular flexibility index (Phi) is 8.78. The maximum absolute atomic E-state index is 12.3. The van der Waals surface area contributed by atoms with Crippen molar-refractivity contribution in [2.45, 2.75) is 58.9 Å². The number of fused-ring (bicyclic) bond motifs is 1. The quantitative estimate of drug-likeness (QED) is 0.371. The number of aliphatic imine (C=N–C) groups is 1. The average molecular weight is 393 g/mol. The molecule has 0 saturated carbocycles. The van der Waals surface area contributed by atoms with Crippen LogP contribution in [-0.4, -0.2) is 24.4 Å². The maximum Gasteiger partial charge on any atom is 0.224 e. The summed E-state index contributed by atoms with van der Waals surface area (Å²) >= 11 is 0. The van der Waals surface area contributed by atoms with Crippen LogP contribution in [0.3, 0.4) is 0 Å². The molecule has 4 heteroatoms. The average Bonchev–Trinajstić information content (AvgIpc) is 2.72. The highest BCUT2D eigenvalue weighted by molar-refractivity contribution is 5.91. The van der Waals surface area contributed by atoms with Crippen molar-refractivity contribution in [3.05, 3.63) is 65.4 Å². The second kappa shape index (κ2) is 11.3. The Balaban J connectivity index is 1.91. The number of amides is 1. The van der Waals surface area contributed by atoms with E-state index in [-0.39, 0.29) is 23.7 Å². The van der Waals surface area contributed by atoms with Crippen LogP contribution in [0.5, 0.6) is 0 Å². The molecule has 1 aromatic rings. The first-order valence-corrected chi connectivity index (χ1v) is 10.4. The van der Waals surface area contributed by atoms with Gasteiger partial charge in [0.05, 0.1) is 0 Å². The molecule has 29 heavy (non-hydrogen) atoms. The first-order valence-electron chi connectivity index (χ1n) is 10.4. The van der Waals surface area contributed by atoms with Crippen molar-refractivity contribution in [1.29, 1.82) is 0 Å². The molecule has 0 fully saturated rings. The molecule has 2 rings (SSSR count). The third-order valence-electron chi connectivity index (χ3n) is 5.47. The second-order valence-electron chi connectivity index (χ2n) is 7.65. The lowest BCUT2D eigenvalue weighted by molar-refractivity contribution is -0.121. The molecule has 1 aliphatic rings. The Hall–Kier alpha value is -2.75. The van der Waals surface area contributed by atoms with E-state index in [1.807, 2.05) is 20.8 Å². The minimum absolute atomic E-state index is 0.00820. The minimum Gasteiger partial charge on any atom is -0.353 e. The zero-order valence-electron chi connectivity index (χ0n) is 17.8. The second-order valence-corrected chi connectivity index (χ2v) is 7.65. The summed E-state index contributed by atoms with van der Waals surface area (Å²) in [6.45, 7) is 9.50. The van der Waals surface area contributed by atoms with Gasteiger partial charge in [0, 0.05) is 24.6 Å². The molecule has 0 aliphatic heterocycles. The van der Waals surface area contributed by atoms with E-state index in [0.29, 0.717) is 6.42 Å².